The van der Waals surface area contributed by atoms with E-state index >= 15 is 0 Å². The van der Waals surface area contributed by atoms with Gasteiger partial charge in [-0.05, 0) is 17.8 Å². The minimum absolute atomic E-state index is 0.679. The van der Waals surface area contributed by atoms with Crippen molar-refractivity contribution in [1.29, 1.82) is 0 Å². The molecule has 2 unspecified atom stereocenters. The topological polar surface area (TPSA) is 18.5 Å². The molecule has 1 rings (SSSR count). The molecule has 2 atom stereocenters. The van der Waals surface area contributed by atoms with Crippen LogP contribution in [-0.2, 0) is 9.47 Å². The Morgan fingerprint density at radius 3 is 2.13 bits per heavy atom. The Hall–Kier alpha value is -0.0800. The number of ether oxygens (including phenoxy) is 2. The normalized spacial score (nSPS) is 21.8. The summed E-state index contributed by atoms with van der Waals surface area (Å²) in [4.78, 5) is 0. The first-order chi connectivity index (χ1) is 7.33. The average Bonchev–Trinajstić information content (AvgIpc) is 2.76. The highest BCUT2D eigenvalue weighted by atomic mass is 16.5. The lowest BCUT2D eigenvalue weighted by Gasteiger charge is -2.30. The van der Waals surface area contributed by atoms with Gasteiger partial charge in [0.25, 0.3) is 0 Å². The van der Waals surface area contributed by atoms with Gasteiger partial charge in [-0.1, -0.05) is 39.0 Å². The van der Waals surface area contributed by atoms with E-state index in [9.17, 15) is 0 Å². The third-order valence-electron chi connectivity index (χ3n) is 3.88. The van der Waals surface area contributed by atoms with Crippen molar-refractivity contribution in [3.63, 3.8) is 0 Å². The minimum atomic E-state index is 0.679. The standard InChI is InChI=1S/C13H26O2/c1-4-11(9-14-2)13(10-15-3)12-7-5-6-8-12/h11-13H,4-10H2,1-3H3. The summed E-state index contributed by atoms with van der Waals surface area (Å²) in [6, 6.07) is 0. The summed E-state index contributed by atoms with van der Waals surface area (Å²) in [5.41, 5.74) is 0. The molecule has 0 aliphatic heterocycles. The summed E-state index contributed by atoms with van der Waals surface area (Å²) in [6.45, 7) is 4.06. The third-order valence-corrected chi connectivity index (χ3v) is 3.88. The summed E-state index contributed by atoms with van der Waals surface area (Å²) in [5.74, 6) is 2.27. The van der Waals surface area contributed by atoms with E-state index in [1.54, 1.807) is 7.11 Å². The predicted molar refractivity (Wildman–Crippen MR) is 63.0 cm³/mol. The Labute approximate surface area is 94.3 Å². The van der Waals surface area contributed by atoms with Crippen molar-refractivity contribution in [1.82, 2.24) is 0 Å². The zero-order valence-corrected chi connectivity index (χ0v) is 10.5. The van der Waals surface area contributed by atoms with Crippen molar-refractivity contribution in [2.45, 2.75) is 39.0 Å². The molecule has 0 radical (unpaired) electrons. The third kappa shape index (κ3) is 3.76. The predicted octanol–water partition coefficient (Wildman–Crippen LogP) is 3.11. The molecule has 0 N–H and O–H groups in total. The lowest BCUT2D eigenvalue weighted by atomic mass is 9.80. The van der Waals surface area contributed by atoms with Crippen LogP contribution in [0.5, 0.6) is 0 Å². The summed E-state index contributed by atoms with van der Waals surface area (Å²) in [6.07, 6.45) is 6.82. The maximum atomic E-state index is 5.39. The molecule has 0 bridgehead atoms. The van der Waals surface area contributed by atoms with Crippen LogP contribution in [0.1, 0.15) is 39.0 Å². The summed E-state index contributed by atoms with van der Waals surface area (Å²) < 4.78 is 10.7. The molecule has 2 heteroatoms. The number of hydrogen-bond acceptors (Lipinski definition) is 2. The molecule has 1 saturated carbocycles. The average molecular weight is 214 g/mol. The lowest BCUT2D eigenvalue weighted by molar-refractivity contribution is 0.0399. The summed E-state index contributed by atoms with van der Waals surface area (Å²) in [5, 5.41) is 0. The molecule has 0 amide bonds. The van der Waals surface area contributed by atoms with E-state index in [1.807, 2.05) is 7.11 Å². The van der Waals surface area contributed by atoms with E-state index < -0.39 is 0 Å². The van der Waals surface area contributed by atoms with Gasteiger partial charge in [0.15, 0.2) is 0 Å². The fraction of sp³-hybridized carbons (Fsp3) is 1.00. The van der Waals surface area contributed by atoms with E-state index in [1.165, 1.54) is 32.1 Å². The Bertz CT molecular complexity index is 153. The van der Waals surface area contributed by atoms with E-state index in [2.05, 4.69) is 6.92 Å². The Morgan fingerprint density at radius 2 is 1.67 bits per heavy atom. The summed E-state index contributed by atoms with van der Waals surface area (Å²) in [7, 11) is 3.63. The molecule has 0 saturated heterocycles. The van der Waals surface area contributed by atoms with Crippen molar-refractivity contribution in [2.75, 3.05) is 27.4 Å². The number of rotatable bonds is 7. The lowest BCUT2D eigenvalue weighted by Crippen LogP contribution is -2.29. The molecule has 0 spiro atoms. The fourth-order valence-corrected chi connectivity index (χ4v) is 2.99. The van der Waals surface area contributed by atoms with Gasteiger partial charge in [-0.2, -0.15) is 0 Å². The van der Waals surface area contributed by atoms with Gasteiger partial charge in [0.05, 0.1) is 0 Å². The SMILES string of the molecule is CCC(COC)C(COC)C1CCCC1. The fourth-order valence-electron chi connectivity index (χ4n) is 2.99. The quantitative estimate of drug-likeness (QED) is 0.648. The van der Waals surface area contributed by atoms with Gasteiger partial charge in [-0.15, -0.1) is 0 Å². The highest BCUT2D eigenvalue weighted by Gasteiger charge is 2.30. The van der Waals surface area contributed by atoms with E-state index in [0.29, 0.717) is 11.8 Å². The van der Waals surface area contributed by atoms with Gasteiger partial charge >= 0.3 is 0 Å². The molecule has 0 aromatic rings. The van der Waals surface area contributed by atoms with Crippen LogP contribution in [0.3, 0.4) is 0 Å². The van der Waals surface area contributed by atoms with Crippen LogP contribution in [0.2, 0.25) is 0 Å². The number of methoxy groups -OCH3 is 2. The molecule has 2 nitrogen and oxygen atoms in total. The smallest absolute Gasteiger partial charge is 0.0496 e. The first kappa shape index (κ1) is 13.0. The van der Waals surface area contributed by atoms with Gasteiger partial charge < -0.3 is 9.47 Å². The first-order valence-corrected chi connectivity index (χ1v) is 6.31. The summed E-state index contributed by atoms with van der Waals surface area (Å²) >= 11 is 0. The maximum absolute atomic E-state index is 5.39. The molecule has 1 aliphatic carbocycles. The van der Waals surface area contributed by atoms with Gasteiger partial charge in [0.1, 0.15) is 0 Å². The Balaban J connectivity index is 2.52. The second-order valence-electron chi connectivity index (χ2n) is 4.79. The van der Waals surface area contributed by atoms with Crippen LogP contribution in [0, 0.1) is 17.8 Å². The molecule has 1 fully saturated rings. The molecule has 90 valence electrons. The van der Waals surface area contributed by atoms with E-state index in [-0.39, 0.29) is 0 Å². The maximum Gasteiger partial charge on any atom is 0.0496 e. The second-order valence-corrected chi connectivity index (χ2v) is 4.79. The molecule has 0 aromatic heterocycles. The van der Waals surface area contributed by atoms with E-state index in [0.717, 1.165) is 19.1 Å². The molecule has 15 heavy (non-hydrogen) atoms. The minimum Gasteiger partial charge on any atom is -0.384 e. The van der Waals surface area contributed by atoms with Gasteiger partial charge in [-0.25, -0.2) is 0 Å². The largest absolute Gasteiger partial charge is 0.384 e. The van der Waals surface area contributed by atoms with Crippen LogP contribution in [0.15, 0.2) is 0 Å². The molecule has 1 aliphatic rings. The van der Waals surface area contributed by atoms with Crippen molar-refractivity contribution in [3.05, 3.63) is 0 Å². The molecular weight excluding hydrogens is 188 g/mol. The van der Waals surface area contributed by atoms with Crippen LogP contribution < -0.4 is 0 Å². The van der Waals surface area contributed by atoms with Crippen molar-refractivity contribution < 1.29 is 9.47 Å². The Morgan fingerprint density at radius 1 is 1.07 bits per heavy atom. The first-order valence-electron chi connectivity index (χ1n) is 6.31. The zero-order chi connectivity index (χ0) is 11.1. The van der Waals surface area contributed by atoms with Crippen LogP contribution in [-0.4, -0.2) is 27.4 Å². The highest BCUT2D eigenvalue weighted by molar-refractivity contribution is 4.80. The molecule has 0 aromatic carbocycles. The Kier molecular flexibility index (Phi) is 6.26. The molecule has 0 heterocycles. The number of hydrogen-bond donors (Lipinski definition) is 0. The van der Waals surface area contributed by atoms with Crippen LogP contribution in [0.4, 0.5) is 0 Å². The second kappa shape index (κ2) is 7.24. The highest BCUT2D eigenvalue weighted by Crippen LogP contribution is 2.36. The van der Waals surface area contributed by atoms with Gasteiger partial charge in [0, 0.05) is 27.4 Å². The van der Waals surface area contributed by atoms with Gasteiger partial charge in [0.2, 0.25) is 0 Å². The van der Waals surface area contributed by atoms with Gasteiger partial charge in [-0.3, -0.25) is 0 Å². The van der Waals surface area contributed by atoms with Crippen molar-refractivity contribution in [3.8, 4) is 0 Å². The van der Waals surface area contributed by atoms with E-state index in [4.69, 9.17) is 9.47 Å². The molecular formula is C13H26O2. The van der Waals surface area contributed by atoms with Crippen LogP contribution in [0.25, 0.3) is 0 Å². The zero-order valence-electron chi connectivity index (χ0n) is 10.5. The monoisotopic (exact) mass is 214 g/mol. The van der Waals surface area contributed by atoms with Crippen molar-refractivity contribution >= 4 is 0 Å². The van der Waals surface area contributed by atoms with Crippen molar-refractivity contribution in [2.24, 2.45) is 17.8 Å². The van der Waals surface area contributed by atoms with Crippen LogP contribution >= 0.6 is 0 Å².